The standard InChI is InChI=1S/C22H42N4O2/c1-21(2,3)28-20(27)25-14-11-22(4,16-25)26-12-9-18(10-13-26)24-15-17-7-5-6-8-19(17)23/h17-19,24H,5-16,23H2,1-4H3/t17-,19+,22?/m1/s1. The third kappa shape index (κ3) is 5.61. The normalized spacial score (nSPS) is 33.2. The van der Waals surface area contributed by atoms with Crippen molar-refractivity contribution < 1.29 is 9.53 Å². The molecule has 0 aromatic carbocycles. The van der Waals surface area contributed by atoms with Crippen molar-refractivity contribution in [3.8, 4) is 0 Å². The number of ether oxygens (including phenoxy) is 1. The molecule has 6 heteroatoms. The number of hydrogen-bond donors (Lipinski definition) is 2. The lowest BCUT2D eigenvalue weighted by atomic mass is 9.84. The summed E-state index contributed by atoms with van der Waals surface area (Å²) in [6, 6.07) is 0.995. The van der Waals surface area contributed by atoms with E-state index in [-0.39, 0.29) is 11.6 Å². The first-order valence-corrected chi connectivity index (χ1v) is 11.4. The van der Waals surface area contributed by atoms with Crippen molar-refractivity contribution in [2.24, 2.45) is 11.7 Å². The Morgan fingerprint density at radius 1 is 1.14 bits per heavy atom. The third-order valence-electron chi connectivity index (χ3n) is 7.00. The molecule has 6 nitrogen and oxygen atoms in total. The van der Waals surface area contributed by atoms with Gasteiger partial charge in [-0.1, -0.05) is 12.8 Å². The third-order valence-corrected chi connectivity index (χ3v) is 7.00. The van der Waals surface area contributed by atoms with Crippen LogP contribution in [0.25, 0.3) is 0 Å². The summed E-state index contributed by atoms with van der Waals surface area (Å²) in [6.07, 6.45) is 8.34. The summed E-state index contributed by atoms with van der Waals surface area (Å²) >= 11 is 0. The van der Waals surface area contributed by atoms with Crippen molar-refractivity contribution in [2.75, 3.05) is 32.7 Å². The number of hydrogen-bond acceptors (Lipinski definition) is 5. The summed E-state index contributed by atoms with van der Waals surface area (Å²) in [5.41, 5.74) is 5.95. The predicted octanol–water partition coefficient (Wildman–Crippen LogP) is 2.96. The molecule has 3 fully saturated rings. The Morgan fingerprint density at radius 3 is 2.46 bits per heavy atom. The monoisotopic (exact) mass is 394 g/mol. The maximum atomic E-state index is 12.4. The number of nitrogens with one attached hydrogen (secondary N) is 1. The summed E-state index contributed by atoms with van der Waals surface area (Å²) in [5.74, 6) is 0.654. The van der Waals surface area contributed by atoms with Crippen LogP contribution in [0.5, 0.6) is 0 Å². The molecule has 3 rings (SSSR count). The van der Waals surface area contributed by atoms with Gasteiger partial charge in [0, 0.05) is 43.8 Å². The van der Waals surface area contributed by atoms with Gasteiger partial charge in [-0.05, 0) is 72.3 Å². The average Bonchev–Trinajstić information content (AvgIpc) is 3.04. The van der Waals surface area contributed by atoms with Gasteiger partial charge in [0.2, 0.25) is 0 Å². The molecule has 1 aliphatic carbocycles. The minimum Gasteiger partial charge on any atom is -0.444 e. The van der Waals surface area contributed by atoms with E-state index in [0.29, 0.717) is 18.0 Å². The van der Waals surface area contributed by atoms with Gasteiger partial charge in [-0.3, -0.25) is 4.90 Å². The number of amides is 1. The molecule has 1 amide bonds. The van der Waals surface area contributed by atoms with Gasteiger partial charge < -0.3 is 20.7 Å². The van der Waals surface area contributed by atoms with E-state index in [0.717, 1.165) is 39.1 Å². The molecule has 0 spiro atoms. The van der Waals surface area contributed by atoms with E-state index in [1.807, 2.05) is 25.7 Å². The molecule has 162 valence electrons. The van der Waals surface area contributed by atoms with Gasteiger partial charge in [0.05, 0.1) is 0 Å². The zero-order chi connectivity index (χ0) is 20.4. The zero-order valence-corrected chi connectivity index (χ0v) is 18.5. The van der Waals surface area contributed by atoms with Gasteiger partial charge in [0.25, 0.3) is 0 Å². The highest BCUT2D eigenvalue weighted by molar-refractivity contribution is 5.68. The van der Waals surface area contributed by atoms with E-state index in [4.69, 9.17) is 10.5 Å². The molecule has 2 saturated heterocycles. The van der Waals surface area contributed by atoms with E-state index in [2.05, 4.69) is 17.1 Å². The lowest BCUT2D eigenvalue weighted by Gasteiger charge is -2.43. The summed E-state index contributed by atoms with van der Waals surface area (Å²) in [7, 11) is 0. The van der Waals surface area contributed by atoms with Gasteiger partial charge in [-0.15, -0.1) is 0 Å². The van der Waals surface area contributed by atoms with Gasteiger partial charge in [0.1, 0.15) is 5.60 Å². The summed E-state index contributed by atoms with van der Waals surface area (Å²) in [6.45, 7) is 13.0. The van der Waals surface area contributed by atoms with Crippen LogP contribution in [-0.4, -0.2) is 71.8 Å². The van der Waals surface area contributed by atoms with Gasteiger partial charge in [-0.25, -0.2) is 4.79 Å². The second-order valence-electron chi connectivity index (χ2n) is 10.5. The van der Waals surface area contributed by atoms with Gasteiger partial charge >= 0.3 is 6.09 Å². The van der Waals surface area contributed by atoms with Crippen LogP contribution in [0.3, 0.4) is 0 Å². The maximum Gasteiger partial charge on any atom is 0.410 e. The van der Waals surface area contributed by atoms with Crippen LogP contribution in [0.15, 0.2) is 0 Å². The molecule has 3 atom stereocenters. The first-order chi connectivity index (χ1) is 13.2. The smallest absolute Gasteiger partial charge is 0.410 e. The topological polar surface area (TPSA) is 70.8 Å². The van der Waals surface area contributed by atoms with Crippen LogP contribution in [0.1, 0.15) is 72.6 Å². The van der Waals surface area contributed by atoms with Crippen LogP contribution in [0.4, 0.5) is 4.79 Å². The molecular weight excluding hydrogens is 352 g/mol. The highest BCUT2D eigenvalue weighted by Gasteiger charge is 2.42. The Hall–Kier alpha value is -0.850. The average molecular weight is 395 g/mol. The van der Waals surface area contributed by atoms with Crippen molar-refractivity contribution in [3.05, 3.63) is 0 Å². The fourth-order valence-electron chi connectivity index (χ4n) is 5.12. The van der Waals surface area contributed by atoms with Crippen molar-refractivity contribution in [1.29, 1.82) is 0 Å². The molecule has 1 unspecified atom stereocenters. The molecule has 0 aromatic heterocycles. The van der Waals surface area contributed by atoms with Crippen molar-refractivity contribution in [1.82, 2.24) is 15.1 Å². The Bertz CT molecular complexity index is 527. The quantitative estimate of drug-likeness (QED) is 0.767. The molecule has 1 saturated carbocycles. The van der Waals surface area contributed by atoms with E-state index in [1.54, 1.807) is 0 Å². The Kier molecular flexibility index (Phi) is 6.93. The van der Waals surface area contributed by atoms with Gasteiger partial charge in [0.15, 0.2) is 0 Å². The number of nitrogens with zero attached hydrogens (tertiary/aromatic N) is 2. The Morgan fingerprint density at radius 2 is 1.82 bits per heavy atom. The molecule has 0 bridgehead atoms. The lowest BCUT2D eigenvalue weighted by Crippen LogP contribution is -2.55. The molecule has 0 aromatic rings. The molecule has 3 aliphatic rings. The van der Waals surface area contributed by atoms with Crippen LogP contribution in [0.2, 0.25) is 0 Å². The summed E-state index contributed by atoms with van der Waals surface area (Å²) < 4.78 is 5.57. The number of piperidine rings is 1. The second kappa shape index (κ2) is 8.88. The number of likely N-dealkylation sites (tertiary alicyclic amines) is 2. The number of carbonyl (C=O) groups is 1. The van der Waals surface area contributed by atoms with Crippen molar-refractivity contribution >= 4 is 6.09 Å². The SMILES string of the molecule is CC(C)(C)OC(=O)N1CCC(C)(N2CCC(NC[C@H]3CCCC[C@@H]3N)CC2)C1. The molecule has 2 heterocycles. The van der Waals surface area contributed by atoms with Crippen LogP contribution < -0.4 is 11.1 Å². The molecule has 2 aliphatic heterocycles. The van der Waals surface area contributed by atoms with Gasteiger partial charge in [-0.2, -0.15) is 0 Å². The molecule has 0 radical (unpaired) electrons. The fourth-order valence-corrected chi connectivity index (χ4v) is 5.12. The van der Waals surface area contributed by atoms with E-state index in [1.165, 1.54) is 38.5 Å². The van der Waals surface area contributed by atoms with E-state index >= 15 is 0 Å². The predicted molar refractivity (Wildman–Crippen MR) is 113 cm³/mol. The Labute approximate surface area is 171 Å². The van der Waals surface area contributed by atoms with E-state index < -0.39 is 5.60 Å². The minimum atomic E-state index is -0.430. The largest absolute Gasteiger partial charge is 0.444 e. The second-order valence-corrected chi connectivity index (χ2v) is 10.5. The molecular formula is C22H42N4O2. The fraction of sp³-hybridized carbons (Fsp3) is 0.955. The lowest BCUT2D eigenvalue weighted by molar-refractivity contribution is 0.0226. The minimum absolute atomic E-state index is 0.0770. The number of carbonyl (C=O) groups excluding carboxylic acids is 1. The van der Waals surface area contributed by atoms with Crippen LogP contribution in [-0.2, 0) is 4.74 Å². The zero-order valence-electron chi connectivity index (χ0n) is 18.5. The highest BCUT2D eigenvalue weighted by atomic mass is 16.6. The summed E-state index contributed by atoms with van der Waals surface area (Å²) in [5, 5.41) is 3.81. The number of nitrogens with two attached hydrogens (primary N) is 1. The highest BCUT2D eigenvalue weighted by Crippen LogP contribution is 2.31. The van der Waals surface area contributed by atoms with E-state index in [9.17, 15) is 4.79 Å². The summed E-state index contributed by atoms with van der Waals surface area (Å²) in [4.78, 5) is 16.9. The first-order valence-electron chi connectivity index (χ1n) is 11.4. The van der Waals surface area contributed by atoms with Crippen LogP contribution >= 0.6 is 0 Å². The number of rotatable bonds is 4. The van der Waals surface area contributed by atoms with Crippen LogP contribution in [0, 0.1) is 5.92 Å². The Balaban J connectivity index is 1.42. The van der Waals surface area contributed by atoms with Crippen molar-refractivity contribution in [3.63, 3.8) is 0 Å². The maximum absolute atomic E-state index is 12.4. The first kappa shape index (κ1) is 21.8. The van der Waals surface area contributed by atoms with Crippen molar-refractivity contribution in [2.45, 2.75) is 95.9 Å². The molecule has 3 N–H and O–H groups in total. The molecule has 28 heavy (non-hydrogen) atoms.